The van der Waals surface area contributed by atoms with E-state index in [1.807, 2.05) is 25.4 Å². The summed E-state index contributed by atoms with van der Waals surface area (Å²) in [6, 6.07) is 8.33. The summed E-state index contributed by atoms with van der Waals surface area (Å²) in [4.78, 5) is 2.54. The second kappa shape index (κ2) is 6.58. The molecule has 0 saturated carbocycles. The van der Waals surface area contributed by atoms with Crippen LogP contribution in [-0.4, -0.2) is 39.3 Å². The van der Waals surface area contributed by atoms with Gasteiger partial charge in [-0.1, -0.05) is 23.7 Å². The van der Waals surface area contributed by atoms with E-state index >= 15 is 0 Å². The zero-order valence-corrected chi connectivity index (χ0v) is 13.1. The van der Waals surface area contributed by atoms with Crippen LogP contribution in [-0.2, 0) is 6.54 Å². The van der Waals surface area contributed by atoms with Crippen LogP contribution in [0.5, 0.6) is 0 Å². The normalized spacial score (nSPS) is 19.8. The Hall–Kier alpha value is -1.39. The van der Waals surface area contributed by atoms with Crippen molar-refractivity contribution < 1.29 is 0 Å². The molecule has 4 nitrogen and oxygen atoms in total. The molecule has 1 fully saturated rings. The molecule has 1 aliphatic rings. The van der Waals surface area contributed by atoms with E-state index in [1.54, 1.807) is 0 Å². The lowest BCUT2D eigenvalue weighted by atomic mass is 9.91. The van der Waals surface area contributed by atoms with Gasteiger partial charge >= 0.3 is 0 Å². The van der Waals surface area contributed by atoms with Gasteiger partial charge in [-0.2, -0.15) is 0 Å². The molecule has 0 radical (unpaired) electrons. The standard InChI is InChI=1S/C16H21ClN4/c1-13-19-18-12-21(13)10-9-20-8-2-3-15(11-20)14-4-6-16(17)7-5-14/h4-7,12,15H,2-3,8-11H2,1H3/t15-/m0/s1. The highest BCUT2D eigenvalue weighted by atomic mass is 35.5. The maximum atomic E-state index is 5.98. The molecule has 112 valence electrons. The fraction of sp³-hybridized carbons (Fsp3) is 0.500. The quantitative estimate of drug-likeness (QED) is 0.870. The van der Waals surface area contributed by atoms with Gasteiger partial charge in [0.15, 0.2) is 0 Å². The summed E-state index contributed by atoms with van der Waals surface area (Å²) in [5, 5.41) is 8.79. The number of aryl methyl sites for hydroxylation is 1. The largest absolute Gasteiger partial charge is 0.317 e. The molecule has 2 heterocycles. The fourth-order valence-corrected chi connectivity index (χ4v) is 3.17. The van der Waals surface area contributed by atoms with E-state index in [1.165, 1.54) is 24.9 Å². The first-order valence-corrected chi connectivity index (χ1v) is 7.92. The van der Waals surface area contributed by atoms with Crippen LogP contribution in [0.1, 0.15) is 30.1 Å². The molecule has 21 heavy (non-hydrogen) atoms. The molecule has 0 unspecified atom stereocenters. The first-order chi connectivity index (χ1) is 10.2. The Kier molecular flexibility index (Phi) is 4.56. The summed E-state index contributed by atoms with van der Waals surface area (Å²) < 4.78 is 2.12. The van der Waals surface area contributed by atoms with Gasteiger partial charge in [0.2, 0.25) is 0 Å². The van der Waals surface area contributed by atoms with E-state index in [0.29, 0.717) is 5.92 Å². The molecule has 1 aromatic heterocycles. The first kappa shape index (κ1) is 14.5. The van der Waals surface area contributed by atoms with Gasteiger partial charge in [-0.05, 0) is 49.9 Å². The van der Waals surface area contributed by atoms with Crippen LogP contribution < -0.4 is 0 Å². The molecule has 1 aliphatic heterocycles. The SMILES string of the molecule is Cc1nncn1CCN1CCC[C@H](c2ccc(Cl)cc2)C1. The van der Waals surface area contributed by atoms with Crippen molar-refractivity contribution >= 4 is 11.6 Å². The minimum absolute atomic E-state index is 0.623. The number of rotatable bonds is 4. The lowest BCUT2D eigenvalue weighted by molar-refractivity contribution is 0.200. The van der Waals surface area contributed by atoms with Crippen molar-refractivity contribution in [3.63, 3.8) is 0 Å². The predicted octanol–water partition coefficient (Wildman–Crippen LogP) is 3.12. The van der Waals surface area contributed by atoms with E-state index in [-0.39, 0.29) is 0 Å². The molecule has 5 heteroatoms. The number of benzene rings is 1. The van der Waals surface area contributed by atoms with Gasteiger partial charge in [0.1, 0.15) is 12.2 Å². The van der Waals surface area contributed by atoms with Crippen molar-refractivity contribution in [1.82, 2.24) is 19.7 Å². The monoisotopic (exact) mass is 304 g/mol. The number of nitrogens with zero attached hydrogens (tertiary/aromatic N) is 4. The molecule has 0 bridgehead atoms. The second-order valence-electron chi connectivity index (χ2n) is 5.76. The van der Waals surface area contributed by atoms with Gasteiger partial charge in [0.25, 0.3) is 0 Å². The Labute approximate surface area is 130 Å². The van der Waals surface area contributed by atoms with Gasteiger partial charge < -0.3 is 9.47 Å². The number of hydrogen-bond acceptors (Lipinski definition) is 3. The molecule has 1 saturated heterocycles. The average Bonchev–Trinajstić information content (AvgIpc) is 2.91. The number of likely N-dealkylation sites (tertiary alicyclic amines) is 1. The van der Waals surface area contributed by atoms with Crippen LogP contribution >= 0.6 is 11.6 Å². The fourth-order valence-electron chi connectivity index (χ4n) is 3.05. The van der Waals surface area contributed by atoms with Crippen LogP contribution in [0.25, 0.3) is 0 Å². The Morgan fingerprint density at radius 3 is 2.76 bits per heavy atom. The zero-order chi connectivity index (χ0) is 14.7. The molecular weight excluding hydrogens is 284 g/mol. The maximum Gasteiger partial charge on any atom is 0.129 e. The summed E-state index contributed by atoms with van der Waals surface area (Å²) in [6.07, 6.45) is 4.34. The Balaban J connectivity index is 1.58. The molecule has 1 aromatic carbocycles. The number of halogens is 1. The van der Waals surface area contributed by atoms with Gasteiger partial charge in [-0.25, -0.2) is 0 Å². The third-order valence-corrected chi connectivity index (χ3v) is 4.57. The highest BCUT2D eigenvalue weighted by molar-refractivity contribution is 6.30. The summed E-state index contributed by atoms with van der Waals surface area (Å²) >= 11 is 5.98. The summed E-state index contributed by atoms with van der Waals surface area (Å²) in [5.74, 6) is 1.61. The van der Waals surface area contributed by atoms with Gasteiger partial charge in [0.05, 0.1) is 0 Å². The van der Waals surface area contributed by atoms with Crippen molar-refractivity contribution in [3.8, 4) is 0 Å². The topological polar surface area (TPSA) is 34.0 Å². The summed E-state index contributed by atoms with van der Waals surface area (Å²) in [5.41, 5.74) is 1.41. The number of aromatic nitrogens is 3. The highest BCUT2D eigenvalue weighted by Gasteiger charge is 2.21. The Morgan fingerprint density at radius 2 is 2.05 bits per heavy atom. The highest BCUT2D eigenvalue weighted by Crippen LogP contribution is 2.27. The third kappa shape index (κ3) is 3.63. The van der Waals surface area contributed by atoms with Crippen molar-refractivity contribution in [2.45, 2.75) is 32.2 Å². The molecule has 0 aliphatic carbocycles. The lowest BCUT2D eigenvalue weighted by Crippen LogP contribution is -2.36. The number of piperidine rings is 1. The molecule has 2 aromatic rings. The van der Waals surface area contributed by atoms with Crippen LogP contribution in [0, 0.1) is 6.92 Å². The Morgan fingerprint density at radius 1 is 1.24 bits per heavy atom. The second-order valence-corrected chi connectivity index (χ2v) is 6.20. The Bertz CT molecular complexity index is 578. The predicted molar refractivity (Wildman–Crippen MR) is 84.6 cm³/mol. The van der Waals surface area contributed by atoms with Gasteiger partial charge in [0, 0.05) is 24.7 Å². The average molecular weight is 305 g/mol. The summed E-state index contributed by atoms with van der Waals surface area (Å²) in [6.45, 7) is 6.34. The molecule has 1 atom stereocenters. The zero-order valence-electron chi connectivity index (χ0n) is 12.4. The molecule has 3 rings (SSSR count). The molecular formula is C16H21ClN4. The van der Waals surface area contributed by atoms with Gasteiger partial charge in [-0.15, -0.1) is 10.2 Å². The van der Waals surface area contributed by atoms with E-state index in [0.717, 1.165) is 30.5 Å². The first-order valence-electron chi connectivity index (χ1n) is 7.54. The van der Waals surface area contributed by atoms with E-state index in [9.17, 15) is 0 Å². The molecule has 0 spiro atoms. The van der Waals surface area contributed by atoms with Crippen molar-refractivity contribution in [2.24, 2.45) is 0 Å². The third-order valence-electron chi connectivity index (χ3n) is 4.31. The lowest BCUT2D eigenvalue weighted by Gasteiger charge is -2.33. The smallest absolute Gasteiger partial charge is 0.129 e. The van der Waals surface area contributed by atoms with Crippen molar-refractivity contribution in [3.05, 3.63) is 47.0 Å². The molecule has 0 N–H and O–H groups in total. The molecule has 0 amide bonds. The van der Waals surface area contributed by atoms with E-state index < -0.39 is 0 Å². The van der Waals surface area contributed by atoms with Crippen LogP contribution in [0.3, 0.4) is 0 Å². The van der Waals surface area contributed by atoms with Crippen molar-refractivity contribution in [2.75, 3.05) is 19.6 Å². The van der Waals surface area contributed by atoms with Gasteiger partial charge in [-0.3, -0.25) is 0 Å². The van der Waals surface area contributed by atoms with Crippen LogP contribution in [0.4, 0.5) is 0 Å². The number of hydrogen-bond donors (Lipinski definition) is 0. The summed E-state index contributed by atoms with van der Waals surface area (Å²) in [7, 11) is 0. The minimum atomic E-state index is 0.623. The van der Waals surface area contributed by atoms with E-state index in [2.05, 4.69) is 31.8 Å². The minimum Gasteiger partial charge on any atom is -0.317 e. The van der Waals surface area contributed by atoms with Crippen molar-refractivity contribution in [1.29, 1.82) is 0 Å². The van der Waals surface area contributed by atoms with Crippen LogP contribution in [0.15, 0.2) is 30.6 Å². The van der Waals surface area contributed by atoms with Crippen LogP contribution in [0.2, 0.25) is 5.02 Å². The maximum absolute atomic E-state index is 5.98. The van der Waals surface area contributed by atoms with E-state index in [4.69, 9.17) is 11.6 Å².